The predicted octanol–water partition coefficient (Wildman–Crippen LogP) is 11.5. The number of fused-ring (bicyclic) bond motifs is 6. The molecule has 9 aromatic rings. The summed E-state index contributed by atoms with van der Waals surface area (Å²) in [5.41, 5.74) is 11.2. The number of hydrogen-bond donors (Lipinski definition) is 0. The van der Waals surface area contributed by atoms with Crippen LogP contribution in [0.5, 0.6) is 0 Å². The predicted molar refractivity (Wildman–Crippen MR) is 202 cm³/mol. The van der Waals surface area contributed by atoms with Gasteiger partial charge in [-0.2, -0.15) is 10.5 Å². The first kappa shape index (κ1) is 28.8. The molecule has 0 N–H and O–H groups in total. The van der Waals surface area contributed by atoms with Gasteiger partial charge in [-0.1, -0.05) is 84.9 Å². The van der Waals surface area contributed by atoms with Crippen molar-refractivity contribution in [3.8, 4) is 45.8 Å². The van der Waals surface area contributed by atoms with Crippen molar-refractivity contribution in [3.05, 3.63) is 174 Å². The van der Waals surface area contributed by atoms with Crippen molar-refractivity contribution < 1.29 is 0 Å². The third-order valence-corrected chi connectivity index (χ3v) is 9.58. The third kappa shape index (κ3) is 4.38. The highest BCUT2D eigenvalue weighted by Gasteiger charge is 2.20. The molecule has 50 heavy (non-hydrogen) atoms. The van der Waals surface area contributed by atoms with Crippen molar-refractivity contribution in [2.45, 2.75) is 0 Å². The molecule has 0 fully saturated rings. The van der Waals surface area contributed by atoms with Crippen LogP contribution in [0.2, 0.25) is 0 Å². The van der Waals surface area contributed by atoms with E-state index in [1.54, 1.807) is 0 Å². The molecule has 0 unspecified atom stereocenters. The Hall–Kier alpha value is -7.39. The van der Waals surface area contributed by atoms with Gasteiger partial charge in [-0.3, -0.25) is 0 Å². The smallest absolute Gasteiger partial charge is 0.188 e. The summed E-state index contributed by atoms with van der Waals surface area (Å²) in [4.78, 5) is 3.71. The molecule has 2 heterocycles. The average molecular weight is 636 g/mol. The molecule has 0 atom stereocenters. The molecule has 0 aliphatic carbocycles. The van der Waals surface area contributed by atoms with E-state index < -0.39 is 0 Å². The average Bonchev–Trinajstić information content (AvgIpc) is 3.69. The number of aromatic nitrogens is 2. The Labute approximate surface area is 288 Å². The minimum absolute atomic E-state index is 0.555. The van der Waals surface area contributed by atoms with Crippen LogP contribution in [0.4, 0.5) is 5.69 Å². The highest BCUT2D eigenvalue weighted by Crippen LogP contribution is 2.40. The summed E-state index contributed by atoms with van der Waals surface area (Å²) < 4.78 is 4.39. The number of para-hydroxylation sites is 2. The molecule has 0 saturated carbocycles. The fraction of sp³-hybridized carbons (Fsp3) is 0. The first-order chi connectivity index (χ1) is 24.7. The van der Waals surface area contributed by atoms with Gasteiger partial charge in [0.2, 0.25) is 0 Å². The lowest BCUT2D eigenvalue weighted by molar-refractivity contribution is 1.16. The van der Waals surface area contributed by atoms with Crippen LogP contribution in [0.1, 0.15) is 11.1 Å². The minimum Gasteiger partial charge on any atom is -0.309 e. The normalized spacial score (nSPS) is 11.1. The molecular weight excluding hydrogens is 611 g/mol. The molecule has 0 spiro atoms. The van der Waals surface area contributed by atoms with Crippen molar-refractivity contribution in [1.29, 1.82) is 10.5 Å². The highest BCUT2D eigenvalue weighted by molar-refractivity contribution is 6.11. The van der Waals surface area contributed by atoms with E-state index in [1.807, 2.05) is 97.1 Å². The lowest BCUT2D eigenvalue weighted by atomic mass is 9.94. The van der Waals surface area contributed by atoms with E-state index in [0.29, 0.717) is 16.8 Å². The maximum absolute atomic E-state index is 10.9. The van der Waals surface area contributed by atoms with Crippen LogP contribution < -0.4 is 0 Å². The summed E-state index contributed by atoms with van der Waals surface area (Å²) >= 11 is 0. The molecule has 0 saturated heterocycles. The maximum Gasteiger partial charge on any atom is 0.188 e. The van der Waals surface area contributed by atoms with Gasteiger partial charge < -0.3 is 9.13 Å². The molecule has 0 aliphatic rings. The zero-order valence-electron chi connectivity index (χ0n) is 26.7. The van der Waals surface area contributed by atoms with Gasteiger partial charge in [0.1, 0.15) is 6.07 Å². The van der Waals surface area contributed by atoms with E-state index in [2.05, 4.69) is 80.7 Å². The number of hydrogen-bond acceptors (Lipinski definition) is 2. The van der Waals surface area contributed by atoms with Crippen molar-refractivity contribution >= 4 is 49.3 Å². The Kier molecular flexibility index (Phi) is 6.56. The molecule has 0 bridgehead atoms. The van der Waals surface area contributed by atoms with Crippen LogP contribution >= 0.6 is 0 Å². The zero-order valence-corrected chi connectivity index (χ0v) is 26.7. The van der Waals surface area contributed by atoms with Gasteiger partial charge in [-0.15, -0.1) is 0 Å². The van der Waals surface area contributed by atoms with Gasteiger partial charge in [0.25, 0.3) is 0 Å². The van der Waals surface area contributed by atoms with Crippen LogP contribution in [0.15, 0.2) is 152 Å². The van der Waals surface area contributed by atoms with Gasteiger partial charge in [0.05, 0.1) is 51.5 Å². The first-order valence-electron chi connectivity index (χ1n) is 16.3. The number of benzene rings is 7. The zero-order chi connectivity index (χ0) is 33.8. The maximum atomic E-state index is 10.9. The van der Waals surface area contributed by atoms with Crippen LogP contribution in [-0.2, 0) is 0 Å². The fourth-order valence-electron chi connectivity index (χ4n) is 7.39. The Morgan fingerprint density at radius 3 is 1.86 bits per heavy atom. The molecule has 5 heteroatoms. The molecule has 2 aromatic heterocycles. The summed E-state index contributed by atoms with van der Waals surface area (Å²) in [6.07, 6.45) is 0. The van der Waals surface area contributed by atoms with Crippen LogP contribution in [0.3, 0.4) is 0 Å². The number of nitrogens with zero attached hydrogens (tertiary/aromatic N) is 5. The topological polar surface area (TPSA) is 61.8 Å². The summed E-state index contributed by atoms with van der Waals surface area (Å²) in [7, 11) is 0. The summed E-state index contributed by atoms with van der Waals surface area (Å²) in [5.74, 6) is 0. The largest absolute Gasteiger partial charge is 0.309 e. The van der Waals surface area contributed by atoms with Gasteiger partial charge in [0, 0.05) is 27.4 Å². The Bertz CT molecular complexity index is 2960. The Morgan fingerprint density at radius 2 is 1.12 bits per heavy atom. The van der Waals surface area contributed by atoms with Gasteiger partial charge >= 0.3 is 0 Å². The molecule has 230 valence electrons. The summed E-state index contributed by atoms with van der Waals surface area (Å²) in [6, 6.07) is 55.7. The van der Waals surface area contributed by atoms with Crippen molar-refractivity contribution in [1.82, 2.24) is 9.13 Å². The second-order valence-corrected chi connectivity index (χ2v) is 12.3. The van der Waals surface area contributed by atoms with Crippen LogP contribution in [-0.4, -0.2) is 9.13 Å². The second kappa shape index (κ2) is 11.4. The van der Waals surface area contributed by atoms with E-state index in [0.717, 1.165) is 77.2 Å². The van der Waals surface area contributed by atoms with Gasteiger partial charge in [0.15, 0.2) is 5.69 Å². The SMILES string of the molecule is [C-]#[N+]c1ccc2c(c1)c1ccccc1n2-c1cc(-c2ccccc2)cc(-c2cccc(-n3c4ccccc4c4cc(C#N)ccc43)c2C#N)c1. The molecule has 0 aliphatic heterocycles. The van der Waals surface area contributed by atoms with E-state index in [4.69, 9.17) is 6.57 Å². The van der Waals surface area contributed by atoms with Gasteiger partial charge in [-0.05, 0) is 88.8 Å². The lowest BCUT2D eigenvalue weighted by Gasteiger charge is -2.17. The Morgan fingerprint density at radius 1 is 0.480 bits per heavy atom. The van der Waals surface area contributed by atoms with Crippen molar-refractivity contribution in [3.63, 3.8) is 0 Å². The second-order valence-electron chi connectivity index (χ2n) is 12.3. The standard InChI is InChI=1S/C45H25N5/c1-48-33-19-21-44-39(26-33)37-13-5-7-15-41(37)49(44)34-24-31(30-10-3-2-4-11-30)23-32(25-34)35-14-9-17-43(40(35)28-47)50-42-16-8-6-12-36(42)38-22-29(27-46)18-20-45(38)50/h2-26H. The quantitative estimate of drug-likeness (QED) is 0.181. The molecular formula is C45H25N5. The summed E-state index contributed by atoms with van der Waals surface area (Å²) in [6.45, 7) is 7.64. The van der Waals surface area contributed by atoms with Crippen molar-refractivity contribution in [2.75, 3.05) is 0 Å². The fourth-order valence-corrected chi connectivity index (χ4v) is 7.39. The van der Waals surface area contributed by atoms with Crippen molar-refractivity contribution in [2.24, 2.45) is 0 Å². The van der Waals surface area contributed by atoms with Gasteiger partial charge in [-0.25, -0.2) is 4.85 Å². The lowest BCUT2D eigenvalue weighted by Crippen LogP contribution is -2.00. The third-order valence-electron chi connectivity index (χ3n) is 9.58. The minimum atomic E-state index is 0.555. The Balaban J connectivity index is 1.34. The van der Waals surface area contributed by atoms with E-state index in [9.17, 15) is 10.5 Å². The van der Waals surface area contributed by atoms with E-state index in [1.165, 1.54) is 0 Å². The van der Waals surface area contributed by atoms with Crippen LogP contribution in [0, 0.1) is 29.2 Å². The summed E-state index contributed by atoms with van der Waals surface area (Å²) in [5, 5.41) is 24.7. The first-order valence-corrected chi connectivity index (χ1v) is 16.3. The number of nitriles is 2. The monoisotopic (exact) mass is 635 g/mol. The van der Waals surface area contributed by atoms with Crippen LogP contribution in [0.25, 0.3) is 82.1 Å². The molecule has 0 radical (unpaired) electrons. The molecule has 0 amide bonds. The van der Waals surface area contributed by atoms with E-state index in [-0.39, 0.29) is 0 Å². The van der Waals surface area contributed by atoms with E-state index >= 15 is 0 Å². The molecule has 5 nitrogen and oxygen atoms in total. The number of rotatable bonds is 4. The highest BCUT2D eigenvalue weighted by atomic mass is 15.0. The molecule has 9 rings (SSSR count). The molecule has 7 aromatic carbocycles.